The first-order valence-electron chi connectivity index (χ1n) is 3.38. The minimum atomic E-state index is 0.771. The molecule has 2 N–H and O–H groups in total. The van der Waals surface area contributed by atoms with E-state index in [1.807, 2.05) is 0 Å². The van der Waals surface area contributed by atoms with Gasteiger partial charge < -0.3 is 5.73 Å². The molecule has 0 spiro atoms. The molecule has 4 heteroatoms. The van der Waals surface area contributed by atoms with Gasteiger partial charge in [0.15, 0.2) is 0 Å². The average Bonchev–Trinajstić information content (AvgIpc) is 2.28. The number of halogens is 2. The average molecular weight is 299 g/mol. The van der Waals surface area contributed by atoms with Crippen LogP contribution in [0.1, 0.15) is 11.3 Å². The zero-order valence-electron chi connectivity index (χ0n) is 5.94. The van der Waals surface area contributed by atoms with Crippen LogP contribution < -0.4 is 5.73 Å². The van der Waals surface area contributed by atoms with Crippen LogP contribution in [-0.4, -0.2) is 6.54 Å². The molecule has 0 radical (unpaired) electrons. The maximum Gasteiger partial charge on any atom is 0.0843 e. The molecule has 0 aliphatic heterocycles. The van der Waals surface area contributed by atoms with Crippen molar-refractivity contribution in [2.45, 2.75) is 12.8 Å². The third kappa shape index (κ3) is 2.86. The van der Waals surface area contributed by atoms with Gasteiger partial charge in [0.2, 0.25) is 0 Å². The lowest BCUT2D eigenvalue weighted by molar-refractivity contribution is 0.843. The first-order chi connectivity index (χ1) is 5.24. The normalized spacial score (nSPS) is 10.5. The van der Waals surface area contributed by atoms with E-state index < -0.39 is 0 Å². The number of aryl methyl sites for hydroxylation is 1. The fourth-order valence-corrected chi connectivity index (χ4v) is 3.01. The molecule has 0 aliphatic rings. The van der Waals surface area contributed by atoms with Gasteiger partial charge in [0.25, 0.3) is 0 Å². The number of thiophene rings is 1. The third-order valence-electron chi connectivity index (χ3n) is 1.32. The van der Waals surface area contributed by atoms with Crippen LogP contribution in [0.3, 0.4) is 0 Å². The maximum absolute atomic E-state index is 5.40. The van der Waals surface area contributed by atoms with Gasteiger partial charge in [0, 0.05) is 9.35 Å². The second-order valence-electron chi connectivity index (χ2n) is 2.23. The summed E-state index contributed by atoms with van der Waals surface area (Å²) in [5.74, 6) is 0. The van der Waals surface area contributed by atoms with Crippen molar-refractivity contribution in [2.75, 3.05) is 6.54 Å². The fourth-order valence-electron chi connectivity index (χ4n) is 0.791. The Balaban J connectivity index is 2.58. The van der Waals surface area contributed by atoms with E-state index in [1.165, 1.54) is 8.66 Å². The van der Waals surface area contributed by atoms with Gasteiger partial charge >= 0.3 is 0 Å². The van der Waals surface area contributed by atoms with Crippen LogP contribution in [0.15, 0.2) is 14.3 Å². The van der Waals surface area contributed by atoms with Crippen molar-refractivity contribution in [2.24, 2.45) is 5.73 Å². The first-order valence-corrected chi connectivity index (χ1v) is 5.78. The minimum absolute atomic E-state index is 0.771. The van der Waals surface area contributed by atoms with Gasteiger partial charge in [-0.05, 0) is 57.3 Å². The van der Waals surface area contributed by atoms with Gasteiger partial charge in [-0.25, -0.2) is 0 Å². The van der Waals surface area contributed by atoms with Gasteiger partial charge in [0.1, 0.15) is 0 Å². The molecule has 0 bridgehead atoms. The van der Waals surface area contributed by atoms with Gasteiger partial charge in [-0.3, -0.25) is 0 Å². The smallest absolute Gasteiger partial charge is 0.0843 e. The minimum Gasteiger partial charge on any atom is -0.330 e. The first kappa shape index (κ1) is 9.71. The SMILES string of the molecule is NCCCc1cc(Br)c(Br)s1. The van der Waals surface area contributed by atoms with Gasteiger partial charge in [-0.15, -0.1) is 11.3 Å². The highest BCUT2D eigenvalue weighted by Crippen LogP contribution is 2.32. The van der Waals surface area contributed by atoms with Gasteiger partial charge in [-0.1, -0.05) is 0 Å². The molecule has 1 heterocycles. The highest BCUT2D eigenvalue weighted by molar-refractivity contribution is 9.13. The highest BCUT2D eigenvalue weighted by Gasteiger charge is 2.02. The lowest BCUT2D eigenvalue weighted by Crippen LogP contribution is -1.99. The Morgan fingerprint density at radius 1 is 1.45 bits per heavy atom. The molecule has 0 unspecified atom stereocenters. The number of hydrogen-bond acceptors (Lipinski definition) is 2. The topological polar surface area (TPSA) is 26.0 Å². The molecule has 0 saturated heterocycles. The molecule has 62 valence electrons. The van der Waals surface area contributed by atoms with Crippen molar-refractivity contribution in [1.29, 1.82) is 0 Å². The Morgan fingerprint density at radius 3 is 2.64 bits per heavy atom. The molecule has 0 atom stereocenters. The Morgan fingerprint density at radius 2 is 2.18 bits per heavy atom. The summed E-state index contributed by atoms with van der Waals surface area (Å²) in [6.45, 7) is 0.771. The summed E-state index contributed by atoms with van der Waals surface area (Å²) in [7, 11) is 0. The Kier molecular flexibility index (Phi) is 4.06. The van der Waals surface area contributed by atoms with E-state index in [0.717, 1.165) is 23.9 Å². The molecule has 0 aliphatic carbocycles. The van der Waals surface area contributed by atoms with Crippen LogP contribution in [0.4, 0.5) is 0 Å². The fraction of sp³-hybridized carbons (Fsp3) is 0.429. The van der Waals surface area contributed by atoms with E-state index in [1.54, 1.807) is 11.3 Å². The van der Waals surface area contributed by atoms with E-state index in [4.69, 9.17) is 5.73 Å². The lowest BCUT2D eigenvalue weighted by atomic mass is 10.3. The molecule has 1 rings (SSSR count). The quantitative estimate of drug-likeness (QED) is 0.911. The second kappa shape index (κ2) is 4.60. The molecule has 0 saturated carbocycles. The molecule has 1 nitrogen and oxygen atoms in total. The van der Waals surface area contributed by atoms with E-state index in [9.17, 15) is 0 Å². The summed E-state index contributed by atoms with van der Waals surface area (Å²) in [5, 5.41) is 0. The lowest BCUT2D eigenvalue weighted by Gasteiger charge is -1.91. The van der Waals surface area contributed by atoms with Crippen LogP contribution in [0.25, 0.3) is 0 Å². The number of nitrogens with two attached hydrogens (primary N) is 1. The zero-order chi connectivity index (χ0) is 8.27. The Hall–Kier alpha value is 0.620. The summed E-state index contributed by atoms with van der Waals surface area (Å²) in [4.78, 5) is 1.38. The van der Waals surface area contributed by atoms with Crippen LogP contribution in [0.2, 0.25) is 0 Å². The standard InChI is InChI=1S/C7H9Br2NS/c8-6-4-5(2-1-3-10)11-7(6)9/h4H,1-3,10H2. The summed E-state index contributed by atoms with van der Waals surface area (Å²) in [6.07, 6.45) is 2.16. The number of hydrogen-bond donors (Lipinski definition) is 1. The van der Waals surface area contributed by atoms with Crippen LogP contribution in [-0.2, 0) is 6.42 Å². The summed E-state index contributed by atoms with van der Waals surface area (Å²) in [6, 6.07) is 2.14. The Labute approximate surface area is 87.2 Å². The van der Waals surface area contributed by atoms with Crippen molar-refractivity contribution < 1.29 is 0 Å². The van der Waals surface area contributed by atoms with Crippen molar-refractivity contribution in [3.05, 3.63) is 19.2 Å². The molecular formula is C7H9Br2NS. The summed E-state index contributed by atoms with van der Waals surface area (Å²) < 4.78 is 2.32. The predicted octanol–water partition coefficient (Wildman–Crippen LogP) is 3.16. The van der Waals surface area contributed by atoms with Crippen LogP contribution in [0.5, 0.6) is 0 Å². The van der Waals surface area contributed by atoms with Crippen molar-refractivity contribution in [3.8, 4) is 0 Å². The van der Waals surface area contributed by atoms with Crippen molar-refractivity contribution in [1.82, 2.24) is 0 Å². The summed E-state index contributed by atoms with van der Waals surface area (Å²) in [5.41, 5.74) is 5.40. The number of rotatable bonds is 3. The van der Waals surface area contributed by atoms with E-state index in [-0.39, 0.29) is 0 Å². The molecule has 0 aromatic carbocycles. The van der Waals surface area contributed by atoms with E-state index in [0.29, 0.717) is 0 Å². The molecular weight excluding hydrogens is 290 g/mol. The molecule has 1 aromatic heterocycles. The zero-order valence-corrected chi connectivity index (χ0v) is 9.93. The van der Waals surface area contributed by atoms with Crippen LogP contribution in [0, 0.1) is 0 Å². The monoisotopic (exact) mass is 297 g/mol. The summed E-state index contributed by atoms with van der Waals surface area (Å²) >= 11 is 8.66. The van der Waals surface area contributed by atoms with Crippen LogP contribution >= 0.6 is 43.2 Å². The molecule has 0 fully saturated rings. The molecule has 1 aromatic rings. The molecule has 0 amide bonds. The van der Waals surface area contributed by atoms with Crippen molar-refractivity contribution in [3.63, 3.8) is 0 Å². The Bertz CT molecular complexity index is 215. The third-order valence-corrected chi connectivity index (χ3v) is 4.64. The van der Waals surface area contributed by atoms with E-state index in [2.05, 4.69) is 37.9 Å². The predicted molar refractivity (Wildman–Crippen MR) is 57.1 cm³/mol. The van der Waals surface area contributed by atoms with Gasteiger partial charge in [-0.2, -0.15) is 0 Å². The highest BCUT2D eigenvalue weighted by atomic mass is 79.9. The van der Waals surface area contributed by atoms with Crippen molar-refractivity contribution >= 4 is 43.2 Å². The maximum atomic E-state index is 5.40. The largest absolute Gasteiger partial charge is 0.330 e. The van der Waals surface area contributed by atoms with E-state index >= 15 is 0 Å². The second-order valence-corrected chi connectivity index (χ2v) is 5.54. The van der Waals surface area contributed by atoms with Gasteiger partial charge in [0.05, 0.1) is 3.79 Å². The molecule has 11 heavy (non-hydrogen) atoms.